The number of allylic oxidation sites excluding steroid dienone is 2. The van der Waals surface area contributed by atoms with Gasteiger partial charge in [-0.1, -0.05) is 12.2 Å². The van der Waals surface area contributed by atoms with Crippen molar-refractivity contribution >= 4 is 20.5 Å². The molecule has 0 aromatic heterocycles. The van der Waals surface area contributed by atoms with Crippen molar-refractivity contribution in [2.75, 3.05) is 6.26 Å². The van der Waals surface area contributed by atoms with Gasteiger partial charge in [-0.3, -0.25) is 0 Å². The molecule has 0 spiro atoms. The lowest BCUT2D eigenvalue weighted by Crippen LogP contribution is -2.24. The molecule has 0 aliphatic carbocycles. The van der Waals surface area contributed by atoms with Crippen LogP contribution in [0.15, 0.2) is 23.0 Å². The molecule has 0 fully saturated rings. The second-order valence-corrected chi connectivity index (χ2v) is 6.61. The average Bonchev–Trinajstić information content (AvgIpc) is 1.83. The first-order valence-electron chi connectivity index (χ1n) is 3.29. The van der Waals surface area contributed by atoms with Crippen LogP contribution in [0, 0.1) is 0 Å². The van der Waals surface area contributed by atoms with Gasteiger partial charge in [0.25, 0.3) is 0 Å². The molecule has 0 aromatic carbocycles. The van der Waals surface area contributed by atoms with Gasteiger partial charge in [0, 0.05) is 0 Å². The molecule has 1 rings (SSSR count). The van der Waals surface area contributed by atoms with E-state index in [4.69, 9.17) is 0 Å². The molecule has 0 unspecified atom stereocenters. The largest absolute Gasteiger partial charge is 0.330 e. The van der Waals surface area contributed by atoms with E-state index < -0.39 is 20.5 Å². The van der Waals surface area contributed by atoms with Crippen LogP contribution < -0.4 is 4.13 Å². The fourth-order valence-corrected chi connectivity index (χ4v) is 4.11. The summed E-state index contributed by atoms with van der Waals surface area (Å²) in [5, 5.41) is 2.99. The maximum atomic E-state index is 10.8. The summed E-state index contributed by atoms with van der Waals surface area (Å²) in [6, 6.07) is 0. The highest BCUT2D eigenvalue weighted by molar-refractivity contribution is 8.36. The first kappa shape index (κ1) is 9.79. The molecule has 1 aliphatic heterocycles. The Morgan fingerprint density at radius 2 is 1.92 bits per heavy atom. The molecule has 2 N–H and O–H groups in total. The first-order chi connectivity index (χ1) is 5.41. The van der Waals surface area contributed by atoms with Crippen LogP contribution in [0.4, 0.5) is 0 Å². The van der Waals surface area contributed by atoms with Gasteiger partial charge in [0.05, 0.1) is 6.26 Å². The van der Waals surface area contributed by atoms with Crippen molar-refractivity contribution in [1.29, 1.82) is 0 Å². The molecule has 6 heteroatoms. The maximum absolute atomic E-state index is 10.8. The first-order valence-corrected chi connectivity index (χ1v) is 6.89. The van der Waals surface area contributed by atoms with Crippen molar-refractivity contribution in [3.05, 3.63) is 23.0 Å². The quantitative estimate of drug-likeness (QED) is 0.717. The average molecular weight is 209 g/mol. The summed E-state index contributed by atoms with van der Waals surface area (Å²) in [7, 11) is -5.74. The minimum atomic E-state index is -3.35. The molecule has 1 heterocycles. The highest BCUT2D eigenvalue weighted by Crippen LogP contribution is 2.44. The molecular weight excluding hydrogens is 198 g/mol. The summed E-state index contributed by atoms with van der Waals surface area (Å²) in [6.07, 6.45) is 5.22. The van der Waals surface area contributed by atoms with Gasteiger partial charge in [-0.25, -0.2) is 8.42 Å². The van der Waals surface area contributed by atoms with Crippen LogP contribution in [0.25, 0.3) is 0 Å². The number of hydrogen-bond acceptors (Lipinski definition) is 3. The van der Waals surface area contributed by atoms with Crippen LogP contribution in [-0.2, 0) is 10.0 Å². The number of hydrogen-bond donors (Lipinski definition) is 2. The molecule has 12 heavy (non-hydrogen) atoms. The molecule has 70 valence electrons. The van der Waals surface area contributed by atoms with Crippen molar-refractivity contribution in [2.45, 2.75) is 6.42 Å². The summed E-state index contributed by atoms with van der Waals surface area (Å²) >= 11 is 0. The van der Waals surface area contributed by atoms with E-state index in [1.165, 1.54) is 10.8 Å². The van der Waals surface area contributed by atoms with Gasteiger partial charge in [0.15, 0.2) is 0 Å². The van der Waals surface area contributed by atoms with Crippen LogP contribution in [0.2, 0.25) is 0 Å². The summed E-state index contributed by atoms with van der Waals surface area (Å²) in [5.41, 5.74) is 0. The zero-order valence-electron chi connectivity index (χ0n) is 6.60. The second-order valence-electron chi connectivity index (χ2n) is 2.51. The summed E-state index contributed by atoms with van der Waals surface area (Å²) < 4.78 is 33.4. The van der Waals surface area contributed by atoms with Crippen LogP contribution >= 0.6 is 10.5 Å². The van der Waals surface area contributed by atoms with E-state index in [2.05, 4.69) is 4.13 Å². The lowest BCUT2D eigenvalue weighted by Gasteiger charge is -2.27. The number of nitrogens with one attached hydrogen (secondary N) is 1. The Balaban J connectivity index is 2.80. The SMILES string of the molecule is CS(=O)(=O)NS1(O)C=CCC=C1. The molecule has 0 aromatic rings. The molecule has 0 radical (unpaired) electrons. The minimum Gasteiger partial charge on any atom is -0.330 e. The van der Waals surface area contributed by atoms with Crippen molar-refractivity contribution in [2.24, 2.45) is 0 Å². The monoisotopic (exact) mass is 209 g/mol. The molecule has 0 saturated heterocycles. The van der Waals surface area contributed by atoms with Crippen molar-refractivity contribution in [3.63, 3.8) is 0 Å². The van der Waals surface area contributed by atoms with E-state index in [0.29, 0.717) is 0 Å². The smallest absolute Gasteiger partial charge is 0.218 e. The number of rotatable bonds is 2. The van der Waals surface area contributed by atoms with Crippen LogP contribution in [0.1, 0.15) is 6.42 Å². The Labute approximate surface area is 73.7 Å². The van der Waals surface area contributed by atoms with Crippen LogP contribution in [0.5, 0.6) is 0 Å². The van der Waals surface area contributed by atoms with E-state index in [0.717, 1.165) is 12.7 Å². The lowest BCUT2D eigenvalue weighted by molar-refractivity contribution is 0.594. The molecule has 0 bridgehead atoms. The lowest BCUT2D eigenvalue weighted by atomic mass is 10.4. The highest BCUT2D eigenvalue weighted by atomic mass is 32.3. The topological polar surface area (TPSA) is 66.4 Å². The van der Waals surface area contributed by atoms with Crippen LogP contribution in [0.3, 0.4) is 0 Å². The fraction of sp³-hybridized carbons (Fsp3) is 0.333. The third-order valence-corrected chi connectivity index (χ3v) is 4.66. The van der Waals surface area contributed by atoms with Crippen molar-refractivity contribution in [3.8, 4) is 0 Å². The fourth-order valence-electron chi connectivity index (χ4n) is 0.826. The Bertz CT molecular complexity index is 306. The van der Waals surface area contributed by atoms with Gasteiger partial charge in [-0.15, -0.1) is 4.13 Å². The Morgan fingerprint density at radius 1 is 1.42 bits per heavy atom. The molecular formula is C6H11NO3S2. The third kappa shape index (κ3) is 2.98. The van der Waals surface area contributed by atoms with Gasteiger partial charge < -0.3 is 4.55 Å². The van der Waals surface area contributed by atoms with E-state index in [1.807, 2.05) is 0 Å². The van der Waals surface area contributed by atoms with E-state index in [9.17, 15) is 13.0 Å². The molecule has 4 nitrogen and oxygen atoms in total. The molecule has 0 amide bonds. The molecule has 1 aliphatic rings. The van der Waals surface area contributed by atoms with Gasteiger partial charge in [-0.05, 0) is 27.7 Å². The van der Waals surface area contributed by atoms with Gasteiger partial charge >= 0.3 is 0 Å². The normalized spacial score (nSPS) is 23.8. The predicted molar refractivity (Wildman–Crippen MR) is 51.1 cm³/mol. The summed E-state index contributed by atoms with van der Waals surface area (Å²) in [4.78, 5) is 0. The van der Waals surface area contributed by atoms with Crippen LogP contribution in [-0.4, -0.2) is 19.2 Å². The summed E-state index contributed by atoms with van der Waals surface area (Å²) in [5.74, 6) is 0. The third-order valence-electron chi connectivity index (χ3n) is 1.16. The second kappa shape index (κ2) is 3.21. The Hall–Kier alpha value is -0.300. The summed E-state index contributed by atoms with van der Waals surface area (Å²) in [6.45, 7) is 0. The van der Waals surface area contributed by atoms with Crippen molar-refractivity contribution < 1.29 is 13.0 Å². The zero-order valence-corrected chi connectivity index (χ0v) is 8.23. The van der Waals surface area contributed by atoms with Crippen molar-refractivity contribution in [1.82, 2.24) is 4.13 Å². The maximum Gasteiger partial charge on any atom is 0.218 e. The van der Waals surface area contributed by atoms with Gasteiger partial charge in [-0.2, -0.15) is 0 Å². The van der Waals surface area contributed by atoms with E-state index in [-0.39, 0.29) is 0 Å². The standard InChI is InChI=1S/C6H11NO3S2/c1-11(8,9)7-12(10)5-3-2-4-6-12/h3-7,10H,2H2,1H3. The van der Waals surface area contributed by atoms with E-state index in [1.54, 1.807) is 12.2 Å². The Kier molecular flexibility index (Phi) is 2.62. The van der Waals surface area contributed by atoms with E-state index >= 15 is 0 Å². The minimum absolute atomic E-state index is 0.737. The molecule has 0 atom stereocenters. The zero-order chi connectivity index (χ0) is 9.24. The Morgan fingerprint density at radius 3 is 2.33 bits per heavy atom. The number of sulfonamides is 1. The molecule has 0 saturated carbocycles. The predicted octanol–water partition coefficient (Wildman–Crippen LogP) is 1.16. The highest BCUT2D eigenvalue weighted by Gasteiger charge is 2.19. The van der Waals surface area contributed by atoms with Gasteiger partial charge in [0.2, 0.25) is 10.0 Å². The van der Waals surface area contributed by atoms with Gasteiger partial charge in [0.1, 0.15) is 0 Å².